The fraction of sp³-hybridized carbons (Fsp3) is 0.0833. The molecule has 5 nitrogen and oxygen atoms in total. The minimum atomic E-state index is -3.62. The average molecular weight is 342 g/mol. The second-order valence-corrected chi connectivity index (χ2v) is 6.44. The van der Waals surface area contributed by atoms with Gasteiger partial charge in [-0.15, -0.1) is 0 Å². The molecule has 0 saturated carbocycles. The Morgan fingerprint density at radius 2 is 1.89 bits per heavy atom. The third kappa shape index (κ3) is 3.24. The van der Waals surface area contributed by atoms with Gasteiger partial charge in [-0.05, 0) is 58.7 Å². The summed E-state index contributed by atoms with van der Waals surface area (Å²) in [6.45, 7) is 1.83. The highest BCUT2D eigenvalue weighted by Crippen LogP contribution is 2.20. The van der Waals surface area contributed by atoms with Gasteiger partial charge in [0.25, 0.3) is 10.0 Å². The molecule has 7 heteroatoms. The number of aryl methyl sites for hydroxylation is 1. The summed E-state index contributed by atoms with van der Waals surface area (Å²) < 4.78 is 27.4. The molecular weight excluding hydrogens is 330 g/mol. The molecule has 1 heterocycles. The number of nitrogens with zero attached hydrogens (tertiary/aromatic N) is 1. The molecule has 1 aromatic carbocycles. The summed E-state index contributed by atoms with van der Waals surface area (Å²) >= 11 is 3.26. The van der Waals surface area contributed by atoms with Gasteiger partial charge in [-0.2, -0.15) is 0 Å². The first-order valence-electron chi connectivity index (χ1n) is 5.39. The molecule has 0 atom stereocenters. The molecule has 2 rings (SSSR count). The number of rotatable bonds is 3. The topological polar surface area (TPSA) is 85.1 Å². The van der Waals surface area contributed by atoms with Crippen LogP contribution >= 0.6 is 15.9 Å². The summed E-state index contributed by atoms with van der Waals surface area (Å²) in [5.74, 6) is 0. The molecule has 0 unspecified atom stereocenters. The molecule has 1 aromatic heterocycles. The summed E-state index contributed by atoms with van der Waals surface area (Å²) in [5, 5.41) is 0. The smallest absolute Gasteiger partial charge is 0.261 e. The zero-order valence-corrected chi connectivity index (χ0v) is 12.5. The van der Waals surface area contributed by atoms with Gasteiger partial charge in [0.05, 0.1) is 16.8 Å². The summed E-state index contributed by atoms with van der Waals surface area (Å²) in [6.07, 6.45) is 1.45. The van der Waals surface area contributed by atoms with Gasteiger partial charge in [-0.25, -0.2) is 13.4 Å². The lowest BCUT2D eigenvalue weighted by molar-refractivity contribution is 0.601. The maximum Gasteiger partial charge on any atom is 0.261 e. The molecule has 100 valence electrons. The van der Waals surface area contributed by atoms with Gasteiger partial charge < -0.3 is 5.73 Å². The van der Waals surface area contributed by atoms with E-state index >= 15 is 0 Å². The number of hydrogen-bond donors (Lipinski definition) is 2. The van der Waals surface area contributed by atoms with Crippen molar-refractivity contribution in [2.75, 3.05) is 10.5 Å². The third-order valence-corrected chi connectivity index (χ3v) is 4.68. The number of nitrogen functional groups attached to an aromatic ring is 1. The van der Waals surface area contributed by atoms with Crippen molar-refractivity contribution in [3.05, 3.63) is 46.7 Å². The molecule has 0 fully saturated rings. The second-order valence-electron chi connectivity index (χ2n) is 4.01. The number of benzene rings is 1. The van der Waals surface area contributed by atoms with Crippen molar-refractivity contribution in [2.24, 2.45) is 0 Å². The van der Waals surface area contributed by atoms with Crippen LogP contribution in [0.1, 0.15) is 5.56 Å². The van der Waals surface area contributed by atoms with Gasteiger partial charge in [-0.1, -0.05) is 0 Å². The molecule has 0 aliphatic carbocycles. The van der Waals surface area contributed by atoms with Gasteiger partial charge in [0.2, 0.25) is 0 Å². The standard InChI is InChI=1S/C12H12BrN3O2S/c1-8-6-10(7-15-12(8)13)16-19(17,18)11-4-2-9(14)3-5-11/h2-7,16H,14H2,1H3. The summed E-state index contributed by atoms with van der Waals surface area (Å²) in [6, 6.07) is 7.69. The van der Waals surface area contributed by atoms with Gasteiger partial charge >= 0.3 is 0 Å². The Balaban J connectivity index is 2.30. The van der Waals surface area contributed by atoms with E-state index in [0.29, 0.717) is 16.0 Å². The lowest BCUT2D eigenvalue weighted by atomic mass is 10.3. The van der Waals surface area contributed by atoms with Crippen LogP contribution in [0.25, 0.3) is 0 Å². The van der Waals surface area contributed by atoms with E-state index in [1.54, 1.807) is 18.2 Å². The zero-order valence-electron chi connectivity index (χ0n) is 10.1. The monoisotopic (exact) mass is 341 g/mol. The van der Waals surface area contributed by atoms with E-state index in [4.69, 9.17) is 5.73 Å². The van der Waals surface area contributed by atoms with Gasteiger partial charge in [0, 0.05) is 5.69 Å². The molecule has 2 aromatic rings. The van der Waals surface area contributed by atoms with Crippen LogP contribution in [0.3, 0.4) is 0 Å². The molecule has 0 bridgehead atoms. The molecule has 3 N–H and O–H groups in total. The predicted molar refractivity (Wildman–Crippen MR) is 78.3 cm³/mol. The van der Waals surface area contributed by atoms with E-state index in [2.05, 4.69) is 25.6 Å². The molecule has 19 heavy (non-hydrogen) atoms. The number of aromatic nitrogens is 1. The Hall–Kier alpha value is -1.60. The average Bonchev–Trinajstić information content (AvgIpc) is 2.34. The molecule has 0 aliphatic heterocycles. The second kappa shape index (κ2) is 5.18. The first kappa shape index (κ1) is 13.8. The van der Waals surface area contributed by atoms with Crippen molar-refractivity contribution >= 4 is 37.3 Å². The zero-order chi connectivity index (χ0) is 14.0. The van der Waals surface area contributed by atoms with E-state index < -0.39 is 10.0 Å². The maximum atomic E-state index is 12.1. The molecule has 0 aliphatic rings. The minimum absolute atomic E-state index is 0.155. The number of hydrogen-bond acceptors (Lipinski definition) is 4. The Labute approximate surface area is 120 Å². The van der Waals surface area contributed by atoms with E-state index in [0.717, 1.165) is 5.56 Å². The number of nitrogens with two attached hydrogens (primary N) is 1. The van der Waals surface area contributed by atoms with Crippen LogP contribution in [0, 0.1) is 6.92 Å². The van der Waals surface area contributed by atoms with Crippen molar-refractivity contribution in [1.82, 2.24) is 4.98 Å². The lowest BCUT2D eigenvalue weighted by Gasteiger charge is -2.09. The largest absolute Gasteiger partial charge is 0.399 e. The Bertz CT molecular complexity index is 699. The number of pyridine rings is 1. The van der Waals surface area contributed by atoms with Crippen molar-refractivity contribution in [3.8, 4) is 0 Å². The summed E-state index contributed by atoms with van der Waals surface area (Å²) in [5.41, 5.74) is 7.30. The first-order chi connectivity index (χ1) is 8.88. The van der Waals surface area contributed by atoms with Crippen LogP contribution in [-0.4, -0.2) is 13.4 Å². The quantitative estimate of drug-likeness (QED) is 0.663. The number of sulfonamides is 1. The minimum Gasteiger partial charge on any atom is -0.399 e. The van der Waals surface area contributed by atoms with Crippen LogP contribution in [0.2, 0.25) is 0 Å². The molecule has 0 saturated heterocycles. The van der Waals surface area contributed by atoms with Crippen LogP contribution in [0.5, 0.6) is 0 Å². The van der Waals surface area contributed by atoms with Crippen molar-refractivity contribution in [3.63, 3.8) is 0 Å². The molecular formula is C12H12BrN3O2S. The highest BCUT2D eigenvalue weighted by molar-refractivity contribution is 9.10. The van der Waals surface area contributed by atoms with E-state index in [-0.39, 0.29) is 4.90 Å². The fourth-order valence-electron chi connectivity index (χ4n) is 1.47. The summed E-state index contributed by atoms with van der Waals surface area (Å²) in [4.78, 5) is 4.20. The predicted octanol–water partition coefficient (Wildman–Crippen LogP) is 2.54. The Morgan fingerprint density at radius 3 is 2.47 bits per heavy atom. The normalized spacial score (nSPS) is 11.3. The van der Waals surface area contributed by atoms with Crippen LogP contribution in [0.4, 0.5) is 11.4 Å². The van der Waals surface area contributed by atoms with E-state index in [9.17, 15) is 8.42 Å². The Kier molecular flexibility index (Phi) is 3.77. The van der Waals surface area contributed by atoms with Crippen LogP contribution in [0.15, 0.2) is 46.0 Å². The molecule has 0 radical (unpaired) electrons. The van der Waals surface area contributed by atoms with Crippen LogP contribution in [-0.2, 0) is 10.0 Å². The van der Waals surface area contributed by atoms with Crippen LogP contribution < -0.4 is 10.5 Å². The first-order valence-corrected chi connectivity index (χ1v) is 7.66. The fourth-order valence-corrected chi connectivity index (χ4v) is 2.73. The maximum absolute atomic E-state index is 12.1. The molecule has 0 spiro atoms. The Morgan fingerprint density at radius 1 is 1.26 bits per heavy atom. The van der Waals surface area contributed by atoms with Gasteiger partial charge in [0.1, 0.15) is 4.60 Å². The number of nitrogens with one attached hydrogen (secondary N) is 1. The number of anilines is 2. The van der Waals surface area contributed by atoms with E-state index in [1.165, 1.54) is 18.3 Å². The number of halogens is 1. The third-order valence-electron chi connectivity index (χ3n) is 2.46. The SMILES string of the molecule is Cc1cc(NS(=O)(=O)c2ccc(N)cc2)cnc1Br. The molecule has 0 amide bonds. The van der Waals surface area contributed by atoms with Crippen molar-refractivity contribution in [2.45, 2.75) is 11.8 Å². The van der Waals surface area contributed by atoms with Crippen molar-refractivity contribution < 1.29 is 8.42 Å². The van der Waals surface area contributed by atoms with Gasteiger partial charge in [-0.3, -0.25) is 4.72 Å². The van der Waals surface area contributed by atoms with Gasteiger partial charge in [0.15, 0.2) is 0 Å². The lowest BCUT2D eigenvalue weighted by Crippen LogP contribution is -2.13. The highest BCUT2D eigenvalue weighted by atomic mass is 79.9. The van der Waals surface area contributed by atoms with E-state index in [1.807, 2.05) is 6.92 Å². The highest BCUT2D eigenvalue weighted by Gasteiger charge is 2.14. The van der Waals surface area contributed by atoms with Crippen molar-refractivity contribution in [1.29, 1.82) is 0 Å². The summed E-state index contributed by atoms with van der Waals surface area (Å²) in [7, 11) is -3.62.